The molecule has 7 rings (SSSR count). The molecule has 0 radical (unpaired) electrons. The molecular formula is C48H64ClF4N7O6S. The first-order valence-corrected chi connectivity index (χ1v) is 22.8. The van der Waals surface area contributed by atoms with Gasteiger partial charge in [0.05, 0.1) is 28.6 Å². The number of nitrogens with two attached hydrogens (primary N) is 1. The van der Waals surface area contributed by atoms with Crippen LogP contribution in [-0.4, -0.2) is 83.9 Å². The molecule has 0 spiro atoms. The molecule has 2 fully saturated rings. The van der Waals surface area contributed by atoms with Gasteiger partial charge < -0.3 is 29.4 Å². The van der Waals surface area contributed by atoms with Gasteiger partial charge in [-0.3, -0.25) is 10.2 Å². The summed E-state index contributed by atoms with van der Waals surface area (Å²) in [7, 11) is 0. The van der Waals surface area contributed by atoms with Gasteiger partial charge in [-0.1, -0.05) is 77.4 Å². The van der Waals surface area contributed by atoms with Crippen molar-refractivity contribution in [3.63, 3.8) is 0 Å². The van der Waals surface area contributed by atoms with E-state index in [0.717, 1.165) is 55.6 Å². The van der Waals surface area contributed by atoms with E-state index in [-0.39, 0.29) is 60.4 Å². The molecule has 2 aliphatic carbocycles. The van der Waals surface area contributed by atoms with Crippen molar-refractivity contribution in [1.82, 2.24) is 25.6 Å². The number of hydrogen-bond acceptors (Lipinski definition) is 13. The van der Waals surface area contributed by atoms with E-state index in [9.17, 15) is 27.5 Å². The Bertz CT molecular complexity index is 2520. The summed E-state index contributed by atoms with van der Waals surface area (Å²) in [4.78, 5) is 21.2. The zero-order valence-electron chi connectivity index (χ0n) is 40.2. The Morgan fingerprint density at radius 2 is 1.28 bits per heavy atom. The Hall–Kier alpha value is -4.75. The Morgan fingerprint density at radius 1 is 0.836 bits per heavy atom. The topological polar surface area (TPSA) is 191 Å². The van der Waals surface area contributed by atoms with Gasteiger partial charge in [-0.05, 0) is 123 Å². The molecule has 0 unspecified atom stereocenters. The quantitative estimate of drug-likeness (QED) is 0.0222. The smallest absolute Gasteiger partial charge is 0.316 e. The molecule has 3 heterocycles. The number of carbonyl (C=O) groups excluding carboxylic acids is 1. The van der Waals surface area contributed by atoms with Crippen molar-refractivity contribution in [3.8, 4) is 23.1 Å². The van der Waals surface area contributed by atoms with Gasteiger partial charge >= 0.3 is 6.01 Å². The van der Waals surface area contributed by atoms with E-state index >= 15 is 0 Å². The average Bonchev–Trinajstić information content (AvgIpc) is 3.67. The number of aromatic nitrogens is 4. The molecular weight excluding hydrogens is 914 g/mol. The lowest BCUT2D eigenvalue weighted by molar-refractivity contribution is -0.164. The number of pyridine rings is 2. The van der Waals surface area contributed by atoms with Crippen LogP contribution in [0, 0.1) is 19.8 Å². The van der Waals surface area contributed by atoms with Gasteiger partial charge in [0.2, 0.25) is 0 Å². The fraction of sp³-hybridized carbons (Fsp3) is 0.542. The van der Waals surface area contributed by atoms with Crippen LogP contribution in [0.15, 0.2) is 40.8 Å². The lowest BCUT2D eigenvalue weighted by Gasteiger charge is -2.42. The zero-order chi connectivity index (χ0) is 50.4. The minimum absolute atomic E-state index is 0.0766. The maximum Gasteiger partial charge on any atom is 0.316 e. The van der Waals surface area contributed by atoms with Gasteiger partial charge in [0.25, 0.3) is 24.6 Å². The predicted molar refractivity (Wildman–Crippen MR) is 259 cm³/mol. The van der Waals surface area contributed by atoms with Crippen LogP contribution in [0.1, 0.15) is 128 Å². The number of benzene rings is 2. The SMILES string of the molecule is CC(=S)Cl.CC1CC(O)(C(F)F)C1.CCOc1cc(C(C)(C)C)c2nc(-c3nnc(NC4CC(O)(C(F)F)C4)o3)cc(C)c2c1.CCOc1cc(C(C)(C)C)c2nc(C(=O)NN)cc(C)c2c1. The molecule has 2 aromatic carbocycles. The first kappa shape index (κ1) is 54.9. The number of aryl methyl sites for hydroxylation is 2. The Labute approximate surface area is 399 Å². The van der Waals surface area contributed by atoms with Crippen LogP contribution < -0.4 is 26.1 Å². The van der Waals surface area contributed by atoms with Crippen LogP contribution in [0.3, 0.4) is 0 Å². The number of hydrogen-bond donors (Lipinski definition) is 5. The summed E-state index contributed by atoms with van der Waals surface area (Å²) >= 11 is 9.31. The van der Waals surface area contributed by atoms with Gasteiger partial charge in [0, 0.05) is 29.7 Å². The number of nitrogens with one attached hydrogen (secondary N) is 2. The number of rotatable bonds is 10. The minimum Gasteiger partial charge on any atom is -0.494 e. The van der Waals surface area contributed by atoms with Crippen molar-refractivity contribution >= 4 is 61.9 Å². The van der Waals surface area contributed by atoms with Crippen LogP contribution in [-0.2, 0) is 10.8 Å². The van der Waals surface area contributed by atoms with Crippen molar-refractivity contribution in [3.05, 3.63) is 64.3 Å². The number of anilines is 1. The number of thiocarbonyl (C=S) groups is 1. The van der Waals surface area contributed by atoms with Crippen LogP contribution in [0.5, 0.6) is 11.5 Å². The van der Waals surface area contributed by atoms with Crippen LogP contribution in [0.4, 0.5) is 23.6 Å². The highest BCUT2D eigenvalue weighted by Crippen LogP contribution is 2.42. The Kier molecular flexibility index (Phi) is 18.1. The summed E-state index contributed by atoms with van der Waals surface area (Å²) in [5.74, 6) is 6.96. The first-order valence-electron chi connectivity index (χ1n) is 22.0. The molecule has 2 saturated carbocycles. The van der Waals surface area contributed by atoms with E-state index in [2.05, 4.69) is 79.7 Å². The predicted octanol–water partition coefficient (Wildman–Crippen LogP) is 10.7. The van der Waals surface area contributed by atoms with Crippen molar-refractivity contribution in [2.24, 2.45) is 11.8 Å². The van der Waals surface area contributed by atoms with Crippen LogP contribution >= 0.6 is 23.8 Å². The number of amides is 1. The van der Waals surface area contributed by atoms with E-state index in [1.807, 2.05) is 65.0 Å². The summed E-state index contributed by atoms with van der Waals surface area (Å²) in [6.07, 6.45) is -4.98. The molecule has 67 heavy (non-hydrogen) atoms. The van der Waals surface area contributed by atoms with Gasteiger partial charge in [-0.25, -0.2) is 33.4 Å². The molecule has 5 aromatic rings. The number of nitrogen functional groups attached to an aromatic ring is 1. The largest absolute Gasteiger partial charge is 0.494 e. The standard InChI is InChI=1S/C23H28F2N4O3.C17H23N3O2.C6H10F2O.C2H3ClS/c1-6-31-14-8-15-12(2)7-17(27-18(15)16(9-14)22(3,4)5)19-28-29-21(32-19)26-13-10-23(30,11-13)20(24)25;1-6-22-11-8-12-10(2)7-14(16(21)20-18)19-15(12)13(9-11)17(3,4)5;1-4-2-6(9,3-4)5(7)8;1-2(3)4/h7-9,13,20,30H,6,10-11H2,1-5H3,(H,26,29);7-9H,6,18H2,1-5H3,(H,20,21);4-5,9H,2-3H2,1H3;1H3. The van der Waals surface area contributed by atoms with Gasteiger partial charge in [-0.2, -0.15) is 0 Å². The van der Waals surface area contributed by atoms with E-state index in [0.29, 0.717) is 28.9 Å². The van der Waals surface area contributed by atoms with Gasteiger partial charge in [0.15, 0.2) is 0 Å². The third-order valence-corrected chi connectivity index (χ3v) is 11.2. The van der Waals surface area contributed by atoms with E-state index in [1.54, 1.807) is 13.0 Å². The van der Waals surface area contributed by atoms with E-state index in [4.69, 9.17) is 41.4 Å². The number of nitrogens with zero attached hydrogens (tertiary/aromatic N) is 4. The third kappa shape index (κ3) is 13.9. The zero-order valence-corrected chi connectivity index (χ0v) is 41.8. The number of hydrazine groups is 1. The van der Waals surface area contributed by atoms with Crippen LogP contribution in [0.2, 0.25) is 0 Å². The molecule has 0 saturated heterocycles. The second kappa shape index (κ2) is 22.1. The normalized spacial score (nSPS) is 20.0. The van der Waals surface area contributed by atoms with E-state index < -0.39 is 30.0 Å². The Balaban J connectivity index is 0.000000240. The summed E-state index contributed by atoms with van der Waals surface area (Å²) in [6, 6.07) is 11.4. The van der Waals surface area contributed by atoms with Gasteiger partial charge in [-0.15, -0.1) is 5.10 Å². The number of fused-ring (bicyclic) bond motifs is 2. The number of ether oxygens (including phenoxy) is 2. The lowest BCUT2D eigenvalue weighted by Crippen LogP contribution is -2.55. The second-order valence-electron chi connectivity index (χ2n) is 19.2. The number of carbonyl (C=O) groups is 1. The Morgan fingerprint density at radius 3 is 1.69 bits per heavy atom. The molecule has 3 aromatic heterocycles. The van der Waals surface area contributed by atoms with E-state index in [1.165, 1.54) is 0 Å². The van der Waals surface area contributed by atoms with Gasteiger partial charge in [0.1, 0.15) is 34.1 Å². The second-order valence-corrected chi connectivity index (χ2v) is 20.6. The molecule has 0 bridgehead atoms. The summed E-state index contributed by atoms with van der Waals surface area (Å²) in [5.41, 5.74) is 4.81. The summed E-state index contributed by atoms with van der Waals surface area (Å²) in [5, 5.41) is 31.6. The number of alkyl halides is 4. The minimum atomic E-state index is -2.77. The fourth-order valence-corrected chi connectivity index (χ4v) is 7.83. The number of halogens is 5. The summed E-state index contributed by atoms with van der Waals surface area (Å²) in [6.45, 7) is 25.3. The maximum absolute atomic E-state index is 12.8. The molecule has 1 amide bonds. The van der Waals surface area contributed by atoms with Crippen LogP contribution in [0.25, 0.3) is 33.4 Å². The first-order chi connectivity index (χ1) is 31.0. The summed E-state index contributed by atoms with van der Waals surface area (Å²) < 4.78 is 66.8. The molecule has 0 aliphatic heterocycles. The highest BCUT2D eigenvalue weighted by molar-refractivity contribution is 7.83. The van der Waals surface area contributed by atoms with Crippen molar-refractivity contribution in [2.45, 2.75) is 150 Å². The molecule has 0 atom stereocenters. The molecule has 368 valence electrons. The van der Waals surface area contributed by atoms with Crippen molar-refractivity contribution in [1.29, 1.82) is 0 Å². The fourth-order valence-electron chi connectivity index (χ4n) is 7.83. The lowest BCUT2D eigenvalue weighted by atomic mass is 9.72. The maximum atomic E-state index is 12.8. The molecule has 13 nitrogen and oxygen atoms in total. The molecule has 6 N–H and O–H groups in total. The molecule has 19 heteroatoms. The highest BCUT2D eigenvalue weighted by Gasteiger charge is 2.50. The average molecular weight is 979 g/mol. The molecule has 2 aliphatic rings. The number of aliphatic hydroxyl groups is 2. The monoisotopic (exact) mass is 977 g/mol. The van der Waals surface area contributed by atoms with Crippen molar-refractivity contribution in [2.75, 3.05) is 18.5 Å². The highest BCUT2D eigenvalue weighted by atomic mass is 35.5. The van der Waals surface area contributed by atoms with Crippen molar-refractivity contribution < 1.29 is 46.5 Å². The third-order valence-electron chi connectivity index (χ3n) is 11.2.